The van der Waals surface area contributed by atoms with Crippen molar-refractivity contribution in [3.05, 3.63) is 0 Å². The summed E-state index contributed by atoms with van der Waals surface area (Å²) in [4.78, 5) is 0. The maximum absolute atomic E-state index is 6.05. The van der Waals surface area contributed by atoms with Crippen LogP contribution in [0, 0.1) is 0 Å². The number of hydrogen-bond acceptors (Lipinski definition) is 3. The molecule has 0 aliphatic carbocycles. The molecule has 2 saturated heterocycles. The van der Waals surface area contributed by atoms with Crippen LogP contribution in [0.5, 0.6) is 0 Å². The van der Waals surface area contributed by atoms with Crippen LogP contribution >= 0.6 is 34.8 Å². The van der Waals surface area contributed by atoms with Crippen molar-refractivity contribution < 1.29 is 36.6 Å². The van der Waals surface area contributed by atoms with Crippen molar-refractivity contribution in [2.24, 2.45) is 0 Å². The van der Waals surface area contributed by atoms with Crippen LogP contribution in [0.15, 0.2) is 0 Å². The molecule has 0 aromatic rings. The second-order valence-corrected chi connectivity index (χ2v) is 5.38. The SMILES string of the molecule is ClC1(Cl)CCOC1(Cl)OC1CCCO1.[Nb]. The van der Waals surface area contributed by atoms with Crippen molar-refractivity contribution in [3.8, 4) is 0 Å². The molecule has 2 atom stereocenters. The average molecular weight is 354 g/mol. The quantitative estimate of drug-likeness (QED) is 0.564. The number of halogens is 3. The molecule has 0 bridgehead atoms. The molecule has 15 heavy (non-hydrogen) atoms. The molecule has 2 rings (SSSR count). The van der Waals surface area contributed by atoms with E-state index in [1.165, 1.54) is 0 Å². The Kier molecular flexibility index (Phi) is 5.26. The third-order valence-corrected chi connectivity index (χ3v) is 3.90. The first-order valence-electron chi connectivity index (χ1n) is 4.54. The molecule has 2 unspecified atom stereocenters. The van der Waals surface area contributed by atoms with Gasteiger partial charge in [0.25, 0.3) is 5.25 Å². The molecule has 2 heterocycles. The van der Waals surface area contributed by atoms with E-state index in [1.807, 2.05) is 0 Å². The zero-order valence-electron chi connectivity index (χ0n) is 7.92. The van der Waals surface area contributed by atoms with Gasteiger partial charge in [0.1, 0.15) is 0 Å². The van der Waals surface area contributed by atoms with Gasteiger partial charge in [-0.2, -0.15) is 0 Å². The summed E-state index contributed by atoms with van der Waals surface area (Å²) in [5, 5.41) is -1.47. The van der Waals surface area contributed by atoms with E-state index in [4.69, 9.17) is 49.0 Å². The molecule has 0 amide bonds. The Hall–Kier alpha value is 1.49. The standard InChI is InChI=1S/C8H11Cl3O3.Nb/c9-7(10)3-5-13-8(7,11)14-6-2-1-4-12-6;/h6H,1-5H2;. The van der Waals surface area contributed by atoms with Crippen molar-refractivity contribution in [2.45, 2.75) is 35.1 Å². The number of ether oxygens (including phenoxy) is 3. The molecule has 1 radical (unpaired) electrons. The minimum atomic E-state index is -1.47. The Balaban J connectivity index is 0.00000112. The van der Waals surface area contributed by atoms with Gasteiger partial charge in [-0.3, -0.25) is 0 Å². The summed E-state index contributed by atoms with van der Waals surface area (Å²) < 4.78 is 14.7. The van der Waals surface area contributed by atoms with Crippen molar-refractivity contribution in [3.63, 3.8) is 0 Å². The van der Waals surface area contributed by atoms with Crippen molar-refractivity contribution in [1.82, 2.24) is 0 Å². The van der Waals surface area contributed by atoms with Crippen LogP contribution in [0.1, 0.15) is 19.3 Å². The second-order valence-electron chi connectivity index (χ2n) is 3.40. The molecule has 2 fully saturated rings. The summed E-state index contributed by atoms with van der Waals surface area (Å²) in [6.45, 7) is 1.07. The van der Waals surface area contributed by atoms with Crippen LogP contribution in [0.25, 0.3) is 0 Å². The Bertz CT molecular complexity index is 223. The fourth-order valence-corrected chi connectivity index (χ4v) is 2.12. The smallest absolute Gasteiger partial charge is 0.285 e. The van der Waals surface area contributed by atoms with E-state index in [1.54, 1.807) is 0 Å². The van der Waals surface area contributed by atoms with E-state index < -0.39 is 9.58 Å². The predicted octanol–water partition coefficient (Wildman–Crippen LogP) is 2.62. The molecule has 2 aliphatic rings. The third kappa shape index (κ3) is 3.03. The maximum Gasteiger partial charge on any atom is 0.285 e. The van der Waals surface area contributed by atoms with E-state index in [2.05, 4.69) is 0 Å². The van der Waals surface area contributed by atoms with E-state index in [-0.39, 0.29) is 28.7 Å². The van der Waals surface area contributed by atoms with E-state index >= 15 is 0 Å². The summed E-state index contributed by atoms with van der Waals surface area (Å²) in [5.74, 6) is 0. The fourth-order valence-electron chi connectivity index (χ4n) is 1.50. The van der Waals surface area contributed by atoms with Crippen LogP contribution in [0.3, 0.4) is 0 Å². The van der Waals surface area contributed by atoms with Crippen LogP contribution < -0.4 is 0 Å². The normalized spacial score (nSPS) is 39.0. The Morgan fingerprint density at radius 2 is 1.93 bits per heavy atom. The van der Waals surface area contributed by atoms with Crippen molar-refractivity contribution in [1.29, 1.82) is 0 Å². The Morgan fingerprint density at radius 1 is 1.20 bits per heavy atom. The van der Waals surface area contributed by atoms with E-state index in [9.17, 15) is 0 Å². The summed E-state index contributed by atoms with van der Waals surface area (Å²) in [5.41, 5.74) is 0. The van der Waals surface area contributed by atoms with Crippen LogP contribution in [0.2, 0.25) is 0 Å². The second kappa shape index (κ2) is 5.42. The first-order chi connectivity index (χ1) is 6.54. The molecule has 0 saturated carbocycles. The van der Waals surface area contributed by atoms with Gasteiger partial charge in [0.2, 0.25) is 0 Å². The molecule has 7 heteroatoms. The van der Waals surface area contributed by atoms with Crippen LogP contribution in [-0.4, -0.2) is 29.1 Å². The fraction of sp³-hybridized carbons (Fsp3) is 1.00. The number of rotatable bonds is 2. The molecule has 0 N–H and O–H groups in total. The third-order valence-electron chi connectivity index (χ3n) is 2.31. The summed E-state index contributed by atoms with van der Waals surface area (Å²) in [6, 6.07) is 0. The number of alkyl halides is 3. The topological polar surface area (TPSA) is 27.7 Å². The maximum atomic E-state index is 6.05. The average Bonchev–Trinajstić information content (AvgIpc) is 2.63. The van der Waals surface area contributed by atoms with E-state index in [0.29, 0.717) is 19.6 Å². The number of hydrogen-bond donors (Lipinski definition) is 0. The van der Waals surface area contributed by atoms with Gasteiger partial charge in [0.15, 0.2) is 10.6 Å². The zero-order valence-corrected chi connectivity index (χ0v) is 12.4. The molecule has 3 nitrogen and oxygen atoms in total. The largest absolute Gasteiger partial charge is 0.352 e. The summed E-state index contributed by atoms with van der Waals surface area (Å²) in [7, 11) is 0. The molecule has 0 aromatic carbocycles. The van der Waals surface area contributed by atoms with Crippen molar-refractivity contribution >= 4 is 34.8 Å². The van der Waals surface area contributed by atoms with Gasteiger partial charge in [-0.15, -0.1) is 0 Å². The van der Waals surface area contributed by atoms with Gasteiger partial charge in [0.05, 0.1) is 6.61 Å². The zero-order chi connectivity index (χ0) is 10.2. The van der Waals surface area contributed by atoms with Crippen molar-refractivity contribution in [2.75, 3.05) is 13.2 Å². The summed E-state index contributed by atoms with van der Waals surface area (Å²) >= 11 is 18.0. The molecule has 87 valence electrons. The van der Waals surface area contributed by atoms with Crippen LogP contribution in [-0.2, 0) is 36.6 Å². The van der Waals surface area contributed by atoms with Gasteiger partial charge >= 0.3 is 0 Å². The molecular weight excluding hydrogens is 343 g/mol. The summed E-state index contributed by atoms with van der Waals surface area (Å²) in [6.07, 6.45) is 1.84. The molecular formula is C8H11Cl3NbO3. The van der Waals surface area contributed by atoms with Gasteiger partial charge in [-0.1, -0.05) is 34.8 Å². The molecule has 0 aromatic heterocycles. The minimum absolute atomic E-state index is 0. The molecule has 0 spiro atoms. The van der Waals surface area contributed by atoms with Gasteiger partial charge in [-0.25, -0.2) is 0 Å². The minimum Gasteiger partial charge on any atom is -0.352 e. The van der Waals surface area contributed by atoms with Gasteiger partial charge in [-0.05, 0) is 6.42 Å². The van der Waals surface area contributed by atoms with Gasteiger partial charge < -0.3 is 14.2 Å². The molecule has 2 aliphatic heterocycles. The van der Waals surface area contributed by atoms with Crippen LogP contribution in [0.4, 0.5) is 0 Å². The predicted molar refractivity (Wildman–Crippen MR) is 53.6 cm³/mol. The first-order valence-corrected chi connectivity index (χ1v) is 5.67. The monoisotopic (exact) mass is 353 g/mol. The van der Waals surface area contributed by atoms with Gasteiger partial charge in [0, 0.05) is 41.8 Å². The Labute approximate surface area is 119 Å². The Morgan fingerprint density at radius 3 is 2.40 bits per heavy atom. The first kappa shape index (κ1) is 14.6. The van der Waals surface area contributed by atoms with E-state index in [0.717, 1.165) is 12.8 Å².